The summed E-state index contributed by atoms with van der Waals surface area (Å²) in [6.07, 6.45) is 1.46. The second kappa shape index (κ2) is 8.89. The van der Waals surface area contributed by atoms with Crippen molar-refractivity contribution in [2.45, 2.75) is 24.5 Å². The van der Waals surface area contributed by atoms with Crippen molar-refractivity contribution in [1.29, 1.82) is 0 Å². The number of hydrogen-bond donors (Lipinski definition) is 5. The van der Waals surface area contributed by atoms with E-state index in [0.29, 0.717) is 16.7 Å². The Kier molecular flexibility index (Phi) is 6.00. The summed E-state index contributed by atoms with van der Waals surface area (Å²) in [5.74, 6) is -7.59. The molecule has 0 aliphatic heterocycles. The van der Waals surface area contributed by atoms with Crippen molar-refractivity contribution in [2.75, 3.05) is 14.1 Å². The first-order chi connectivity index (χ1) is 18.3. The number of aromatic hydroxyl groups is 1. The van der Waals surface area contributed by atoms with Crippen molar-refractivity contribution in [3.63, 3.8) is 0 Å². The summed E-state index contributed by atoms with van der Waals surface area (Å²) in [5.41, 5.74) is 3.27. The topological polar surface area (TPSA) is 161 Å². The van der Waals surface area contributed by atoms with E-state index in [-0.39, 0.29) is 35.3 Å². The Hall–Kier alpha value is -4.28. The molecule has 0 saturated heterocycles. The van der Waals surface area contributed by atoms with Gasteiger partial charge in [-0.15, -0.1) is 0 Å². The number of carbonyl (C=O) groups is 3. The van der Waals surface area contributed by atoms with Crippen LogP contribution in [0.2, 0.25) is 0 Å². The molecule has 0 spiro atoms. The number of likely N-dealkylation sites (N-methyl/N-ethyl adjacent to an activating group) is 1. The third-order valence-electron chi connectivity index (χ3n) is 8.13. The van der Waals surface area contributed by atoms with Gasteiger partial charge in [-0.25, -0.2) is 4.39 Å². The third-order valence-corrected chi connectivity index (χ3v) is 8.13. The van der Waals surface area contributed by atoms with Gasteiger partial charge in [0.15, 0.2) is 11.4 Å². The highest BCUT2D eigenvalue weighted by Gasteiger charge is 2.63. The summed E-state index contributed by atoms with van der Waals surface area (Å²) >= 11 is 0. The van der Waals surface area contributed by atoms with E-state index in [4.69, 9.17) is 5.73 Å². The number of nitrogens with two attached hydrogens (primary N) is 1. The highest BCUT2D eigenvalue weighted by Crippen LogP contribution is 2.53. The summed E-state index contributed by atoms with van der Waals surface area (Å²) in [4.78, 5) is 40.8. The van der Waals surface area contributed by atoms with Gasteiger partial charge in [-0.1, -0.05) is 24.8 Å². The molecule has 202 valence electrons. The van der Waals surface area contributed by atoms with Gasteiger partial charge in [-0.2, -0.15) is 0 Å². The number of nitrogens with zero attached hydrogens (tertiary/aromatic N) is 1. The van der Waals surface area contributed by atoms with Gasteiger partial charge in [-0.3, -0.25) is 19.3 Å². The number of hydrogen-bond acceptors (Lipinski definition) is 8. The molecule has 2 aromatic rings. The molecule has 0 saturated carbocycles. The molecular formula is C29H27FN2O7. The van der Waals surface area contributed by atoms with E-state index >= 15 is 0 Å². The SMILES string of the molecule is C=Cc1cc(-c2ccc(O)c3c2CC2CC4C(N(C)C)C(O)=C(C(N)=O)C(=O)C4(O)C(O)=C2C3=O)ccc1F. The summed E-state index contributed by atoms with van der Waals surface area (Å²) < 4.78 is 14.1. The number of fused-ring (bicyclic) bond motifs is 3. The van der Waals surface area contributed by atoms with Gasteiger partial charge in [0.05, 0.1) is 11.6 Å². The summed E-state index contributed by atoms with van der Waals surface area (Å²) in [7, 11) is 3.13. The number of aliphatic hydroxyl groups excluding tert-OH is 2. The average Bonchev–Trinajstić information content (AvgIpc) is 2.86. The lowest BCUT2D eigenvalue weighted by molar-refractivity contribution is -0.148. The van der Waals surface area contributed by atoms with E-state index in [0.717, 1.165) is 0 Å². The molecule has 9 nitrogen and oxygen atoms in total. The first-order valence-corrected chi connectivity index (χ1v) is 12.3. The molecule has 3 aliphatic carbocycles. The van der Waals surface area contributed by atoms with E-state index in [2.05, 4.69) is 6.58 Å². The van der Waals surface area contributed by atoms with Crippen LogP contribution in [0.25, 0.3) is 17.2 Å². The van der Waals surface area contributed by atoms with Crippen LogP contribution >= 0.6 is 0 Å². The van der Waals surface area contributed by atoms with Crippen molar-refractivity contribution < 1.29 is 39.2 Å². The fourth-order valence-electron chi connectivity index (χ4n) is 6.39. The van der Waals surface area contributed by atoms with Gasteiger partial charge in [-0.05, 0) is 67.7 Å². The van der Waals surface area contributed by atoms with Crippen LogP contribution in [0.3, 0.4) is 0 Å². The van der Waals surface area contributed by atoms with Gasteiger partial charge in [0, 0.05) is 17.1 Å². The van der Waals surface area contributed by atoms with Gasteiger partial charge >= 0.3 is 0 Å². The fourth-order valence-corrected chi connectivity index (χ4v) is 6.39. The number of allylic oxidation sites excluding steroid dienone is 1. The first-order valence-electron chi connectivity index (χ1n) is 12.3. The van der Waals surface area contributed by atoms with E-state index in [1.807, 2.05) is 0 Å². The number of halogens is 1. The number of phenolic OH excluding ortho intramolecular Hbond substituents is 1. The number of Topliss-reactive ketones (excluding diaryl/α,β-unsaturated/α-hetero) is 2. The van der Waals surface area contributed by atoms with Crippen LogP contribution < -0.4 is 5.73 Å². The molecule has 1 amide bonds. The van der Waals surface area contributed by atoms with Crippen LogP contribution in [0.15, 0.2) is 59.6 Å². The maximum atomic E-state index is 14.1. The number of rotatable bonds is 4. The first kappa shape index (κ1) is 26.3. The van der Waals surface area contributed by atoms with Gasteiger partial charge in [0.25, 0.3) is 5.91 Å². The monoisotopic (exact) mass is 534 g/mol. The van der Waals surface area contributed by atoms with Gasteiger partial charge < -0.3 is 26.2 Å². The Labute approximate surface area is 223 Å². The minimum atomic E-state index is -2.70. The van der Waals surface area contributed by atoms with E-state index < -0.39 is 63.9 Å². The molecular weight excluding hydrogens is 507 g/mol. The minimum Gasteiger partial charge on any atom is -0.510 e. The Balaban J connectivity index is 1.72. The predicted octanol–water partition coefficient (Wildman–Crippen LogP) is 2.57. The second-order valence-electron chi connectivity index (χ2n) is 10.4. The molecule has 0 bridgehead atoms. The number of ketones is 2. The molecule has 0 aromatic heterocycles. The number of aliphatic hydroxyl groups is 3. The predicted molar refractivity (Wildman–Crippen MR) is 139 cm³/mol. The molecule has 5 rings (SSSR count). The Morgan fingerprint density at radius 2 is 1.87 bits per heavy atom. The van der Waals surface area contributed by atoms with Crippen LogP contribution in [0, 0.1) is 17.7 Å². The molecule has 3 aliphatic rings. The highest BCUT2D eigenvalue weighted by molar-refractivity contribution is 6.24. The Bertz CT molecular complexity index is 1560. The maximum Gasteiger partial charge on any atom is 0.255 e. The number of carbonyl (C=O) groups excluding carboxylic acids is 3. The number of primary amides is 1. The molecule has 4 atom stereocenters. The van der Waals surface area contributed by atoms with Crippen molar-refractivity contribution in [3.8, 4) is 16.9 Å². The van der Waals surface area contributed by atoms with Crippen molar-refractivity contribution in [3.05, 3.63) is 82.1 Å². The molecule has 0 fully saturated rings. The molecule has 39 heavy (non-hydrogen) atoms. The molecule has 10 heteroatoms. The van der Waals surface area contributed by atoms with Gasteiger partial charge in [0.2, 0.25) is 5.78 Å². The van der Waals surface area contributed by atoms with E-state index in [1.54, 1.807) is 26.2 Å². The second-order valence-corrected chi connectivity index (χ2v) is 10.4. The lowest BCUT2D eigenvalue weighted by atomic mass is 9.58. The van der Waals surface area contributed by atoms with Crippen molar-refractivity contribution >= 4 is 23.5 Å². The molecule has 0 heterocycles. The third kappa shape index (κ3) is 3.55. The summed E-state index contributed by atoms with van der Waals surface area (Å²) in [6, 6.07) is 6.22. The number of amides is 1. The molecule has 4 unspecified atom stereocenters. The van der Waals surface area contributed by atoms with Crippen LogP contribution in [-0.2, 0) is 16.0 Å². The van der Waals surface area contributed by atoms with Crippen LogP contribution in [0.1, 0.15) is 27.9 Å². The minimum absolute atomic E-state index is 0.0256. The smallest absolute Gasteiger partial charge is 0.255 e. The fraction of sp³-hybridized carbons (Fsp3) is 0.276. The van der Waals surface area contributed by atoms with Crippen molar-refractivity contribution in [2.24, 2.45) is 17.6 Å². The van der Waals surface area contributed by atoms with Gasteiger partial charge in [0.1, 0.15) is 28.7 Å². The average molecular weight is 535 g/mol. The zero-order chi connectivity index (χ0) is 28.5. The zero-order valence-corrected chi connectivity index (χ0v) is 21.2. The standard InChI is InChI=1S/C29H27FN2O7/c1-4-12-9-13(5-7-18(12)30)15-6-8-19(33)21-16(15)10-14-11-17-23(32(2)3)25(35)22(28(31)38)27(37)29(17,39)26(36)20(14)24(21)34/h4-9,14,17,23,33,35-36,39H,1,10-11H2,2-3H3,(H2,31,38). The van der Waals surface area contributed by atoms with Crippen LogP contribution in [-0.4, -0.2) is 68.5 Å². The highest BCUT2D eigenvalue weighted by atomic mass is 19.1. The van der Waals surface area contributed by atoms with E-state index in [9.17, 15) is 39.2 Å². The van der Waals surface area contributed by atoms with Crippen LogP contribution in [0.5, 0.6) is 5.75 Å². The Morgan fingerprint density at radius 1 is 1.18 bits per heavy atom. The molecule has 6 N–H and O–H groups in total. The summed E-state index contributed by atoms with van der Waals surface area (Å²) in [5, 5.41) is 44.6. The quantitative estimate of drug-likeness (QED) is 0.374. The largest absolute Gasteiger partial charge is 0.510 e. The Morgan fingerprint density at radius 3 is 2.49 bits per heavy atom. The normalized spacial score (nSPS) is 26.3. The molecule has 2 aromatic carbocycles. The van der Waals surface area contributed by atoms with Crippen molar-refractivity contribution in [1.82, 2.24) is 4.90 Å². The number of benzene rings is 2. The molecule has 0 radical (unpaired) electrons. The summed E-state index contributed by atoms with van der Waals surface area (Å²) in [6.45, 7) is 3.62. The lowest BCUT2D eigenvalue weighted by Crippen LogP contribution is -2.63. The maximum absolute atomic E-state index is 14.1. The lowest BCUT2D eigenvalue weighted by Gasteiger charge is -2.50. The van der Waals surface area contributed by atoms with E-state index in [1.165, 1.54) is 29.2 Å². The van der Waals surface area contributed by atoms with Crippen LogP contribution in [0.4, 0.5) is 4.39 Å². The number of phenols is 1. The zero-order valence-electron chi connectivity index (χ0n) is 21.2.